The summed E-state index contributed by atoms with van der Waals surface area (Å²) in [5, 5.41) is 18.3. The molecule has 0 aliphatic carbocycles. The largest absolute Gasteiger partial charge is 0.478 e. The summed E-state index contributed by atoms with van der Waals surface area (Å²) in [6.07, 6.45) is 4.82. The topological polar surface area (TPSA) is 154 Å². The van der Waals surface area contributed by atoms with Crippen LogP contribution >= 0.6 is 0 Å². The predicted molar refractivity (Wildman–Crippen MR) is 109 cm³/mol. The van der Waals surface area contributed by atoms with E-state index in [1.807, 2.05) is 6.92 Å². The number of aliphatic carboxylic acids is 2. The number of carboxylic acids is 2. The van der Waals surface area contributed by atoms with Gasteiger partial charge in [0, 0.05) is 25.4 Å². The molecule has 0 aromatic carbocycles. The molecular weight excluding hydrogens is 424 g/mol. The van der Waals surface area contributed by atoms with Crippen LogP contribution in [0.25, 0.3) is 11.2 Å². The van der Waals surface area contributed by atoms with Crippen molar-refractivity contribution in [1.82, 2.24) is 9.38 Å². The fourth-order valence-corrected chi connectivity index (χ4v) is 2.76. The molecule has 0 radical (unpaired) electrons. The number of hydrogen-bond acceptors (Lipinski definition) is 8. The Morgan fingerprint density at radius 1 is 1.22 bits per heavy atom. The Hall–Kier alpha value is -3.73. The molecule has 2 N–H and O–H groups in total. The lowest BCUT2D eigenvalue weighted by Crippen LogP contribution is -2.20. The summed E-state index contributed by atoms with van der Waals surface area (Å²) >= 11 is 0. The Bertz CT molecular complexity index is 1030. The third-order valence-electron chi connectivity index (χ3n) is 4.19. The Morgan fingerprint density at radius 2 is 1.97 bits per heavy atom. The molecule has 0 amide bonds. The van der Waals surface area contributed by atoms with Gasteiger partial charge in [-0.2, -0.15) is 0 Å². The quantitative estimate of drug-likeness (QED) is 0.214. The van der Waals surface area contributed by atoms with Gasteiger partial charge in [-0.3, -0.25) is 4.79 Å². The molecule has 2 aromatic heterocycles. The minimum atomic E-state index is -1.46. The zero-order valence-corrected chi connectivity index (χ0v) is 17.6. The third-order valence-corrected chi connectivity index (χ3v) is 4.19. The van der Waals surface area contributed by atoms with Gasteiger partial charge in [0.1, 0.15) is 5.65 Å². The summed E-state index contributed by atoms with van der Waals surface area (Å²) in [7, 11) is 0. The van der Waals surface area contributed by atoms with Crippen molar-refractivity contribution >= 4 is 35.1 Å². The molecule has 0 saturated heterocycles. The number of carbonyl (C=O) groups is 4. The lowest BCUT2D eigenvalue weighted by molar-refractivity contribution is -0.187. The average Bonchev–Trinajstić information content (AvgIpc) is 3.16. The van der Waals surface area contributed by atoms with E-state index in [2.05, 4.69) is 9.72 Å². The first kappa shape index (κ1) is 24.5. The molecule has 1 atom stereocenters. The van der Waals surface area contributed by atoms with Crippen LogP contribution in [-0.4, -0.2) is 56.7 Å². The summed E-state index contributed by atoms with van der Waals surface area (Å²) in [4.78, 5) is 49.8. The first-order valence-electron chi connectivity index (χ1n) is 9.83. The zero-order chi connectivity index (χ0) is 23.7. The molecule has 0 fully saturated rings. The smallest absolute Gasteiger partial charge is 0.346 e. The molecule has 11 heteroatoms. The Balaban J connectivity index is 2.41. The number of imidazole rings is 1. The van der Waals surface area contributed by atoms with Crippen LogP contribution in [0.5, 0.6) is 0 Å². The molecule has 0 spiro atoms. The summed E-state index contributed by atoms with van der Waals surface area (Å²) in [5.41, 5.74) is -0.0879. The second-order valence-electron chi connectivity index (χ2n) is 6.70. The van der Waals surface area contributed by atoms with Gasteiger partial charge >= 0.3 is 23.9 Å². The molecule has 172 valence electrons. The second kappa shape index (κ2) is 11.6. The molecular formula is C21H24N2O9. The van der Waals surface area contributed by atoms with Crippen molar-refractivity contribution in [1.29, 1.82) is 0 Å². The number of fused-ring (bicyclic) bond motifs is 1. The number of rotatable bonds is 12. The molecule has 0 aliphatic rings. The Labute approximate surface area is 183 Å². The highest BCUT2D eigenvalue weighted by Gasteiger charge is 2.24. The lowest BCUT2D eigenvalue weighted by Gasteiger charge is -2.19. The van der Waals surface area contributed by atoms with E-state index in [4.69, 9.17) is 14.6 Å². The van der Waals surface area contributed by atoms with Gasteiger partial charge < -0.3 is 28.8 Å². The van der Waals surface area contributed by atoms with Crippen LogP contribution in [0.15, 0.2) is 30.6 Å². The van der Waals surface area contributed by atoms with Gasteiger partial charge in [-0.05, 0) is 18.6 Å². The summed E-state index contributed by atoms with van der Waals surface area (Å²) in [5.74, 6) is -4.38. The van der Waals surface area contributed by atoms with Crippen molar-refractivity contribution in [2.24, 2.45) is 0 Å². The Kier molecular flexibility index (Phi) is 8.90. The first-order valence-corrected chi connectivity index (χ1v) is 9.83. The fraction of sp³-hybridized carbons (Fsp3) is 0.381. The normalized spacial score (nSPS) is 12.4. The number of aromatic nitrogens is 2. The Morgan fingerprint density at radius 3 is 2.59 bits per heavy atom. The minimum absolute atomic E-state index is 0.0941. The van der Waals surface area contributed by atoms with E-state index in [-0.39, 0.29) is 17.9 Å². The predicted octanol–water partition coefficient (Wildman–Crippen LogP) is 2.20. The number of hydrogen-bond donors (Lipinski definition) is 2. The van der Waals surface area contributed by atoms with Crippen molar-refractivity contribution in [3.8, 4) is 0 Å². The van der Waals surface area contributed by atoms with Crippen LogP contribution in [0, 0.1) is 0 Å². The van der Waals surface area contributed by atoms with Gasteiger partial charge in [0.25, 0.3) is 0 Å². The number of nitrogens with zero attached hydrogens (tertiary/aromatic N) is 2. The maximum Gasteiger partial charge on any atom is 0.346 e. The van der Waals surface area contributed by atoms with Gasteiger partial charge in [-0.15, -0.1) is 0 Å². The van der Waals surface area contributed by atoms with Gasteiger partial charge in [0.15, 0.2) is 6.61 Å². The molecule has 0 aliphatic heterocycles. The first-order chi connectivity index (χ1) is 15.2. The van der Waals surface area contributed by atoms with Crippen molar-refractivity contribution in [2.45, 2.75) is 39.4 Å². The molecule has 2 rings (SSSR count). The maximum atomic E-state index is 12.1. The van der Waals surface area contributed by atoms with Crippen LogP contribution in [0.3, 0.4) is 0 Å². The highest BCUT2D eigenvalue weighted by Crippen LogP contribution is 2.26. The molecule has 2 heterocycles. The molecule has 11 nitrogen and oxygen atoms in total. The van der Waals surface area contributed by atoms with E-state index in [0.29, 0.717) is 18.1 Å². The van der Waals surface area contributed by atoms with Crippen LogP contribution < -0.4 is 0 Å². The minimum Gasteiger partial charge on any atom is -0.478 e. The number of esters is 2. The van der Waals surface area contributed by atoms with Gasteiger partial charge in [0.05, 0.1) is 23.4 Å². The van der Waals surface area contributed by atoms with E-state index < -0.39 is 42.3 Å². The second-order valence-corrected chi connectivity index (χ2v) is 6.70. The van der Waals surface area contributed by atoms with E-state index in [1.165, 1.54) is 10.6 Å². The summed E-state index contributed by atoms with van der Waals surface area (Å²) in [6.45, 7) is 2.85. The average molecular weight is 448 g/mol. The summed E-state index contributed by atoms with van der Waals surface area (Å²) < 4.78 is 17.2. The van der Waals surface area contributed by atoms with Crippen LogP contribution in [0.4, 0.5) is 0 Å². The van der Waals surface area contributed by atoms with E-state index >= 15 is 0 Å². The monoisotopic (exact) mass is 448 g/mol. The zero-order valence-electron chi connectivity index (χ0n) is 17.6. The van der Waals surface area contributed by atoms with Crippen molar-refractivity contribution < 1.29 is 43.6 Å². The summed E-state index contributed by atoms with van der Waals surface area (Å²) in [6, 6.07) is 3.19. The molecule has 1 unspecified atom stereocenters. The number of ether oxygens (including phenoxy) is 3. The standard InChI is InChI=1S/C21H24N2O9/c1-3-4-5-9-30-21(32-18(27)12-31-13(2)24)14-7-6-8-23-11-16(22-19(14)23)15(20(28)29)10-17(25)26/h6-8,10-11,21H,3-5,9,12H2,1-2H3,(H,25,26)(H,28,29)/b15-10-. The molecule has 32 heavy (non-hydrogen) atoms. The van der Waals surface area contributed by atoms with Crippen LogP contribution in [0.1, 0.15) is 50.7 Å². The van der Waals surface area contributed by atoms with Crippen LogP contribution in [-0.2, 0) is 33.4 Å². The van der Waals surface area contributed by atoms with Crippen molar-refractivity contribution in [2.75, 3.05) is 13.2 Å². The molecule has 2 aromatic rings. The van der Waals surface area contributed by atoms with Crippen molar-refractivity contribution in [3.05, 3.63) is 41.9 Å². The third kappa shape index (κ3) is 6.91. The van der Waals surface area contributed by atoms with E-state index in [1.54, 1.807) is 18.3 Å². The number of unbranched alkanes of at least 4 members (excludes halogenated alkanes) is 2. The fourth-order valence-electron chi connectivity index (χ4n) is 2.76. The number of pyridine rings is 1. The molecule has 0 bridgehead atoms. The SMILES string of the molecule is CCCCCOC(OC(=O)COC(C)=O)c1cccn2cc(/C(=C/C(=O)O)C(=O)O)nc12. The van der Waals surface area contributed by atoms with E-state index in [9.17, 15) is 24.3 Å². The van der Waals surface area contributed by atoms with Gasteiger partial charge in [-0.25, -0.2) is 19.4 Å². The number of carboxylic acid groups (broad SMARTS) is 2. The molecule has 0 saturated carbocycles. The highest BCUT2D eigenvalue weighted by atomic mass is 16.7. The van der Waals surface area contributed by atoms with Gasteiger partial charge in [-0.1, -0.05) is 19.8 Å². The maximum absolute atomic E-state index is 12.1. The number of carbonyl (C=O) groups excluding carboxylic acids is 2. The highest BCUT2D eigenvalue weighted by molar-refractivity contribution is 6.18. The van der Waals surface area contributed by atoms with E-state index in [0.717, 1.165) is 19.8 Å². The van der Waals surface area contributed by atoms with Gasteiger partial charge in [0.2, 0.25) is 6.29 Å². The van der Waals surface area contributed by atoms with Crippen LogP contribution in [0.2, 0.25) is 0 Å². The van der Waals surface area contributed by atoms with Crippen molar-refractivity contribution in [3.63, 3.8) is 0 Å². The lowest BCUT2D eigenvalue weighted by atomic mass is 10.2.